The lowest BCUT2D eigenvalue weighted by Crippen LogP contribution is -2.58. The Morgan fingerprint density at radius 1 is 0.767 bits per heavy atom. The van der Waals surface area contributed by atoms with E-state index in [0.717, 1.165) is 61.8 Å². The van der Waals surface area contributed by atoms with Gasteiger partial charge in [-0.2, -0.15) is 0 Å². The van der Waals surface area contributed by atoms with Gasteiger partial charge in [0.1, 0.15) is 23.0 Å². The predicted octanol–water partition coefficient (Wildman–Crippen LogP) is 5.11. The molecule has 222 valence electrons. The summed E-state index contributed by atoms with van der Waals surface area (Å²) in [6.07, 6.45) is 13.2. The van der Waals surface area contributed by atoms with E-state index in [1.165, 1.54) is 44.5 Å². The van der Waals surface area contributed by atoms with Crippen molar-refractivity contribution >= 4 is 0 Å². The van der Waals surface area contributed by atoms with Crippen LogP contribution in [0.15, 0.2) is 71.2 Å². The molecule has 4 bridgehead atoms. The van der Waals surface area contributed by atoms with E-state index in [2.05, 4.69) is 79.7 Å². The molecule has 0 radical (unpaired) electrons. The number of benzene rings is 2. The molecule has 6 heteroatoms. The lowest BCUT2D eigenvalue weighted by atomic mass is 9.57. The van der Waals surface area contributed by atoms with Crippen molar-refractivity contribution in [3.05, 3.63) is 105 Å². The summed E-state index contributed by atoms with van der Waals surface area (Å²) >= 11 is 0. The van der Waals surface area contributed by atoms with Crippen molar-refractivity contribution in [2.24, 2.45) is 0 Å². The minimum atomic E-state index is 0.00491. The number of piperidine rings is 2. The van der Waals surface area contributed by atoms with Gasteiger partial charge in [0.15, 0.2) is 12.2 Å². The number of aryl methyl sites for hydroxylation is 2. The Bertz CT molecular complexity index is 1720. The van der Waals surface area contributed by atoms with Gasteiger partial charge in [0.05, 0.1) is 25.0 Å². The summed E-state index contributed by atoms with van der Waals surface area (Å²) in [7, 11) is 5.76. The maximum atomic E-state index is 6.50. The van der Waals surface area contributed by atoms with Crippen LogP contribution in [0.25, 0.3) is 0 Å². The van der Waals surface area contributed by atoms with Crippen LogP contribution in [0.3, 0.4) is 0 Å². The van der Waals surface area contributed by atoms with Gasteiger partial charge in [-0.25, -0.2) is 0 Å². The van der Waals surface area contributed by atoms with Gasteiger partial charge in [-0.1, -0.05) is 36.4 Å². The third-order valence-electron chi connectivity index (χ3n) is 11.9. The van der Waals surface area contributed by atoms with Crippen LogP contribution in [-0.4, -0.2) is 63.5 Å². The Hall–Kier alpha value is -3.48. The zero-order valence-electron chi connectivity index (χ0n) is 25.8. The molecule has 2 spiro atoms. The van der Waals surface area contributed by atoms with Gasteiger partial charge in [0.2, 0.25) is 0 Å². The molecule has 43 heavy (non-hydrogen) atoms. The molecule has 1 N–H and O–H groups in total. The summed E-state index contributed by atoms with van der Waals surface area (Å²) < 4.78 is 24.3. The first-order chi connectivity index (χ1) is 20.9. The van der Waals surface area contributed by atoms with Crippen molar-refractivity contribution in [2.75, 3.05) is 34.4 Å². The molecule has 2 aromatic rings. The van der Waals surface area contributed by atoms with E-state index in [0.29, 0.717) is 12.1 Å². The molecule has 6 atom stereocenters. The SMILES string of the molecule is COC1=CC=C2[C@H]3Cc4ccc(C)c5c4[C@@]2(CCN3)[C@H]1O5.COC1=CC=C2[C@H]3Cc4ccc(C)c5c4[C@@]2(CCN3C)[C@H]1O5. The highest BCUT2D eigenvalue weighted by Gasteiger charge is 2.62. The van der Waals surface area contributed by atoms with E-state index < -0.39 is 0 Å². The van der Waals surface area contributed by atoms with Gasteiger partial charge in [0, 0.05) is 23.2 Å². The fraction of sp³-hybridized carbons (Fsp3) is 0.459. The Balaban J connectivity index is 0.000000121. The molecule has 4 aliphatic carbocycles. The number of likely N-dealkylation sites (tertiary alicyclic amines) is 1. The van der Waals surface area contributed by atoms with Crippen LogP contribution in [0, 0.1) is 13.8 Å². The molecular weight excluding hydrogens is 536 g/mol. The molecule has 0 amide bonds. The molecule has 2 saturated heterocycles. The second kappa shape index (κ2) is 8.80. The third kappa shape index (κ3) is 3.06. The summed E-state index contributed by atoms with van der Waals surface area (Å²) in [5.41, 5.74) is 11.3. The lowest BCUT2D eigenvalue weighted by Gasteiger charge is -2.52. The number of nitrogens with one attached hydrogen (secondary N) is 1. The second-order valence-corrected chi connectivity index (χ2v) is 13.6. The predicted molar refractivity (Wildman–Crippen MR) is 166 cm³/mol. The first-order valence-electron chi connectivity index (χ1n) is 15.9. The van der Waals surface area contributed by atoms with Crippen LogP contribution in [0.2, 0.25) is 0 Å². The maximum Gasteiger partial charge on any atom is 0.169 e. The maximum absolute atomic E-state index is 6.50. The number of hydrogen-bond donors (Lipinski definition) is 1. The second-order valence-electron chi connectivity index (χ2n) is 13.6. The Labute approximate surface area is 254 Å². The van der Waals surface area contributed by atoms with Crippen molar-refractivity contribution < 1.29 is 18.9 Å². The number of methoxy groups -OCH3 is 2. The Morgan fingerprint density at radius 2 is 1.35 bits per heavy atom. The molecule has 0 unspecified atom stereocenters. The van der Waals surface area contributed by atoms with Crippen LogP contribution in [-0.2, 0) is 33.1 Å². The van der Waals surface area contributed by atoms with Crippen molar-refractivity contribution in [1.82, 2.24) is 10.2 Å². The van der Waals surface area contributed by atoms with Crippen molar-refractivity contribution in [1.29, 1.82) is 0 Å². The molecule has 4 heterocycles. The molecular formula is C37H40N2O4. The zero-order valence-corrected chi connectivity index (χ0v) is 25.8. The van der Waals surface area contributed by atoms with E-state index >= 15 is 0 Å². The largest absolute Gasteiger partial charge is 0.497 e. The topological polar surface area (TPSA) is 52.2 Å². The molecule has 0 aromatic heterocycles. The van der Waals surface area contributed by atoms with E-state index in [1.54, 1.807) is 14.2 Å². The molecule has 2 fully saturated rings. The van der Waals surface area contributed by atoms with Crippen molar-refractivity contribution in [3.63, 3.8) is 0 Å². The molecule has 4 aliphatic heterocycles. The van der Waals surface area contributed by atoms with Crippen LogP contribution in [0.1, 0.15) is 46.2 Å². The van der Waals surface area contributed by atoms with Gasteiger partial charge < -0.3 is 24.3 Å². The fourth-order valence-electron chi connectivity index (χ4n) is 9.95. The highest BCUT2D eigenvalue weighted by atomic mass is 16.5. The van der Waals surface area contributed by atoms with Crippen LogP contribution in [0.5, 0.6) is 11.5 Å². The monoisotopic (exact) mass is 576 g/mol. The van der Waals surface area contributed by atoms with Crippen molar-refractivity contribution in [3.8, 4) is 11.5 Å². The first kappa shape index (κ1) is 26.0. The van der Waals surface area contributed by atoms with Gasteiger partial charge >= 0.3 is 0 Å². The average Bonchev–Trinajstić information content (AvgIpc) is 3.55. The fourth-order valence-corrected chi connectivity index (χ4v) is 9.95. The smallest absolute Gasteiger partial charge is 0.169 e. The molecule has 8 aliphatic rings. The van der Waals surface area contributed by atoms with Gasteiger partial charge in [0.25, 0.3) is 0 Å². The number of likely N-dealkylation sites (N-methyl/N-ethyl adjacent to an activating group) is 1. The Morgan fingerprint density at radius 3 is 1.98 bits per heavy atom. The summed E-state index contributed by atoms with van der Waals surface area (Å²) in [4.78, 5) is 2.50. The van der Waals surface area contributed by atoms with Crippen LogP contribution in [0.4, 0.5) is 0 Å². The zero-order chi connectivity index (χ0) is 29.2. The van der Waals surface area contributed by atoms with E-state index in [9.17, 15) is 0 Å². The summed E-state index contributed by atoms with van der Waals surface area (Å²) in [6, 6.07) is 9.96. The minimum Gasteiger partial charge on any atom is -0.497 e. The highest BCUT2D eigenvalue weighted by Crippen LogP contribution is 2.62. The highest BCUT2D eigenvalue weighted by molar-refractivity contribution is 5.67. The minimum absolute atomic E-state index is 0.00491. The van der Waals surface area contributed by atoms with Gasteiger partial charge in [-0.15, -0.1) is 0 Å². The quantitative estimate of drug-likeness (QED) is 0.537. The molecule has 2 aromatic carbocycles. The molecule has 6 nitrogen and oxygen atoms in total. The standard InChI is InChI=1S/C19H21NO2.C18H19NO2/c1-11-4-5-12-10-14-13-6-7-15(21-3)18-19(13,8-9-20(14)2)16(12)17(11)22-18;1-10-3-4-11-9-13-12-5-6-14(20-2)17-18(12,7-8-19-13)15(11)16(10)21-17/h4-7,14,18H,8-10H2,1-3H3;3-6,13,17,19H,7-9H2,1-2H3/t14-,18+,19+;13-,17+,18+/m11/s1. The molecule has 10 rings (SSSR count). The number of ether oxygens (including phenoxy) is 4. The Kier molecular flexibility index (Phi) is 5.31. The normalized spacial score (nSPS) is 34.5. The van der Waals surface area contributed by atoms with E-state index in [1.807, 2.05) is 0 Å². The number of nitrogens with zero attached hydrogens (tertiary/aromatic N) is 1. The van der Waals surface area contributed by atoms with Gasteiger partial charge in [-0.05, 0) is 105 Å². The van der Waals surface area contributed by atoms with Crippen LogP contribution >= 0.6 is 0 Å². The summed E-state index contributed by atoms with van der Waals surface area (Å²) in [5, 5.41) is 3.68. The first-order valence-corrected chi connectivity index (χ1v) is 15.9. The number of allylic oxidation sites excluding steroid dienone is 4. The van der Waals surface area contributed by atoms with E-state index in [-0.39, 0.29) is 23.0 Å². The average molecular weight is 577 g/mol. The van der Waals surface area contributed by atoms with Crippen LogP contribution < -0.4 is 14.8 Å². The number of hydrogen-bond acceptors (Lipinski definition) is 6. The van der Waals surface area contributed by atoms with E-state index in [4.69, 9.17) is 18.9 Å². The van der Waals surface area contributed by atoms with Gasteiger partial charge in [-0.3, -0.25) is 4.90 Å². The lowest BCUT2D eigenvalue weighted by molar-refractivity contribution is 0.0741. The van der Waals surface area contributed by atoms with Crippen molar-refractivity contribution in [2.45, 2.75) is 74.7 Å². The summed E-state index contributed by atoms with van der Waals surface area (Å²) in [6.45, 7) is 6.47. The number of rotatable bonds is 2. The summed E-state index contributed by atoms with van der Waals surface area (Å²) in [5.74, 6) is 4.15. The third-order valence-corrected chi connectivity index (χ3v) is 11.9. The molecule has 0 saturated carbocycles.